The lowest BCUT2D eigenvalue weighted by Gasteiger charge is -2.01. The van der Waals surface area contributed by atoms with E-state index < -0.39 is 0 Å². The highest BCUT2D eigenvalue weighted by Gasteiger charge is 2.04. The molecule has 36 heavy (non-hydrogen) atoms. The van der Waals surface area contributed by atoms with Gasteiger partial charge in [0.05, 0.1) is 19.5 Å². The summed E-state index contributed by atoms with van der Waals surface area (Å²) in [5.74, 6) is 1.34. The van der Waals surface area contributed by atoms with Crippen LogP contribution in [0.1, 0.15) is 17.5 Å². The van der Waals surface area contributed by atoms with Crippen molar-refractivity contribution in [3.05, 3.63) is 59.9 Å². The predicted octanol–water partition coefficient (Wildman–Crippen LogP) is 1.93. The van der Waals surface area contributed by atoms with Crippen molar-refractivity contribution in [3.63, 3.8) is 0 Å². The van der Waals surface area contributed by atoms with Crippen LogP contribution in [-0.2, 0) is 0 Å². The lowest BCUT2D eigenvalue weighted by Crippen LogP contribution is -2.28. The van der Waals surface area contributed by atoms with E-state index in [2.05, 4.69) is 41.0 Å². The third-order valence-electron chi connectivity index (χ3n) is 5.26. The highest BCUT2D eigenvalue weighted by atomic mass is 16.5. The zero-order valence-electron chi connectivity index (χ0n) is 19.7. The molecular weight excluding hydrogens is 460 g/mol. The lowest BCUT2D eigenvalue weighted by molar-refractivity contribution is 0.415. The topological polar surface area (TPSA) is 187 Å². The van der Waals surface area contributed by atoms with Gasteiger partial charge < -0.3 is 31.3 Å². The Morgan fingerprint density at radius 2 is 1.44 bits per heavy atom. The number of hydrogen-bond acceptors (Lipinski definition) is 6. The van der Waals surface area contributed by atoms with Crippen LogP contribution in [0.15, 0.2) is 69.0 Å². The van der Waals surface area contributed by atoms with Gasteiger partial charge in [0, 0.05) is 58.4 Å². The summed E-state index contributed by atoms with van der Waals surface area (Å²) in [6.45, 7) is 0.907. The average molecular weight is 489 g/mol. The molecule has 0 fully saturated rings. The third-order valence-corrected chi connectivity index (χ3v) is 5.26. The molecule has 0 atom stereocenters. The van der Waals surface area contributed by atoms with E-state index in [0.717, 1.165) is 38.7 Å². The number of hydrogen-bond donors (Lipinski definition) is 7. The number of benzene rings is 2. The van der Waals surface area contributed by atoms with Gasteiger partial charge in [-0.15, -0.1) is 0 Å². The maximum atomic E-state index is 9.65. The smallest absolute Gasteiger partial charge is 0.209 e. The highest BCUT2D eigenvalue weighted by Crippen LogP contribution is 2.23. The van der Waals surface area contributed by atoms with Gasteiger partial charge in [-0.2, -0.15) is 10.2 Å². The normalized spacial score (nSPS) is 12.8. The number of nitrogens with one attached hydrogen (secondary N) is 4. The minimum atomic E-state index is 0.184. The predicted molar refractivity (Wildman–Crippen MR) is 144 cm³/mol. The Morgan fingerprint density at radius 1 is 0.889 bits per heavy atom. The number of fused-ring (bicyclic) bond motifs is 2. The molecule has 0 saturated carbocycles. The van der Waals surface area contributed by atoms with Gasteiger partial charge in [-0.1, -0.05) is 0 Å². The second-order valence-corrected chi connectivity index (χ2v) is 7.76. The first kappa shape index (κ1) is 24.1. The molecule has 0 radical (unpaired) electrons. The van der Waals surface area contributed by atoms with Crippen LogP contribution in [0.25, 0.3) is 21.8 Å². The van der Waals surface area contributed by atoms with Crippen molar-refractivity contribution in [2.45, 2.75) is 6.42 Å². The number of aliphatic imine (C=N–C) groups is 2. The molecule has 2 aromatic carbocycles. The maximum absolute atomic E-state index is 9.65. The van der Waals surface area contributed by atoms with Gasteiger partial charge in [0.2, 0.25) is 11.9 Å². The van der Waals surface area contributed by atoms with E-state index in [0.29, 0.717) is 19.5 Å². The Morgan fingerprint density at radius 3 is 2.03 bits per heavy atom. The zero-order chi connectivity index (χ0) is 25.3. The fraction of sp³-hybridized carbons (Fsp3) is 0.167. The van der Waals surface area contributed by atoms with Gasteiger partial charge in [0.15, 0.2) is 0 Å². The van der Waals surface area contributed by atoms with E-state index in [1.165, 1.54) is 0 Å². The monoisotopic (exact) mass is 488 g/mol. The van der Waals surface area contributed by atoms with Crippen molar-refractivity contribution in [3.8, 4) is 11.5 Å². The third kappa shape index (κ3) is 6.11. The Hall–Kier alpha value is -5.00. The van der Waals surface area contributed by atoms with Crippen molar-refractivity contribution in [2.24, 2.45) is 31.7 Å². The minimum absolute atomic E-state index is 0.184. The molecule has 2 heterocycles. The number of nitrogens with two attached hydrogens (primary N) is 2. The fourth-order valence-electron chi connectivity index (χ4n) is 3.47. The molecular formula is C24H28N10O2. The van der Waals surface area contributed by atoms with Crippen LogP contribution >= 0.6 is 0 Å². The molecule has 0 bridgehead atoms. The summed E-state index contributed by atoms with van der Waals surface area (Å²) in [4.78, 5) is 14.7. The second kappa shape index (κ2) is 11.4. The van der Waals surface area contributed by atoms with Crippen LogP contribution in [0.4, 0.5) is 0 Å². The average Bonchev–Trinajstić information content (AvgIpc) is 3.47. The molecule has 12 heteroatoms. The van der Waals surface area contributed by atoms with Crippen LogP contribution in [0.2, 0.25) is 0 Å². The molecule has 186 valence electrons. The number of methoxy groups -OCH3 is 1. The van der Waals surface area contributed by atoms with Gasteiger partial charge in [0.1, 0.15) is 11.5 Å². The van der Waals surface area contributed by atoms with Crippen LogP contribution in [0.5, 0.6) is 11.5 Å². The molecule has 12 nitrogen and oxygen atoms in total. The number of aromatic amines is 2. The maximum Gasteiger partial charge on any atom is 0.209 e. The number of aromatic nitrogens is 2. The standard InChI is InChI=1S/C24H28N10O2/c1-36-18-4-6-22-20(10-18)16(12-30-22)14-32-34-24(26)28-8-2-7-27-23(25)33-31-13-15-11-29-21-5-3-17(35)9-19(15)21/h3-6,9-14,29-30,35H,2,7-8H2,1H3,(H3,25,27,33)(H3,26,28,34)/b31-13+,32-14+. The molecule has 0 aliphatic carbocycles. The van der Waals surface area contributed by atoms with Crippen LogP contribution in [-0.4, -0.2) is 59.6 Å². The van der Waals surface area contributed by atoms with Gasteiger partial charge >= 0.3 is 0 Å². The summed E-state index contributed by atoms with van der Waals surface area (Å²) >= 11 is 0. The molecule has 9 N–H and O–H groups in total. The van der Waals surface area contributed by atoms with E-state index in [9.17, 15) is 5.11 Å². The number of guanidine groups is 2. The summed E-state index contributed by atoms with van der Waals surface area (Å²) in [6.07, 6.45) is 7.55. The van der Waals surface area contributed by atoms with E-state index in [1.807, 2.05) is 24.4 Å². The summed E-state index contributed by atoms with van der Waals surface area (Å²) in [7, 11) is 1.63. The summed E-state index contributed by atoms with van der Waals surface area (Å²) in [5.41, 5.74) is 20.7. The van der Waals surface area contributed by atoms with Crippen LogP contribution < -0.4 is 27.1 Å². The first-order valence-corrected chi connectivity index (χ1v) is 11.2. The van der Waals surface area contributed by atoms with Gasteiger partial charge in [-0.25, -0.2) is 10.9 Å². The molecule has 4 aromatic rings. The first-order chi connectivity index (χ1) is 17.5. The number of phenolic OH excluding ortho intramolecular Hbond substituents is 1. The van der Waals surface area contributed by atoms with Crippen molar-refractivity contribution in [1.82, 2.24) is 20.8 Å². The second-order valence-electron chi connectivity index (χ2n) is 7.76. The van der Waals surface area contributed by atoms with E-state index in [-0.39, 0.29) is 17.7 Å². The molecule has 4 rings (SSSR count). The van der Waals surface area contributed by atoms with E-state index in [1.54, 1.807) is 43.9 Å². The van der Waals surface area contributed by atoms with Crippen molar-refractivity contribution < 1.29 is 9.84 Å². The molecule has 0 aliphatic heterocycles. The number of nitrogens with zero attached hydrogens (tertiary/aromatic N) is 4. The lowest BCUT2D eigenvalue weighted by atomic mass is 10.2. The molecule has 0 unspecified atom stereocenters. The SMILES string of the molecule is COc1ccc2[nH]cc(/C=N/NC(N)=NCCCN=C(N)N/N=C/c3c[nH]c4ccc(O)cc34)c2c1. The van der Waals surface area contributed by atoms with E-state index >= 15 is 0 Å². The van der Waals surface area contributed by atoms with Gasteiger partial charge in [-0.05, 0) is 42.8 Å². The molecule has 2 aromatic heterocycles. The summed E-state index contributed by atoms with van der Waals surface area (Å²) in [6, 6.07) is 10.8. The highest BCUT2D eigenvalue weighted by molar-refractivity contribution is 6.00. The Labute approximate surface area is 206 Å². The Bertz CT molecular complexity index is 1450. The number of aromatic hydroxyl groups is 1. The molecule has 0 saturated heterocycles. The van der Waals surface area contributed by atoms with Crippen molar-refractivity contribution in [2.75, 3.05) is 20.2 Å². The number of H-pyrrole nitrogens is 2. The first-order valence-electron chi connectivity index (χ1n) is 11.2. The summed E-state index contributed by atoms with van der Waals surface area (Å²) < 4.78 is 5.27. The number of ether oxygens (including phenoxy) is 1. The fourth-order valence-corrected chi connectivity index (χ4v) is 3.47. The van der Waals surface area contributed by atoms with Crippen molar-refractivity contribution in [1.29, 1.82) is 0 Å². The van der Waals surface area contributed by atoms with Gasteiger partial charge in [0.25, 0.3) is 0 Å². The van der Waals surface area contributed by atoms with Crippen LogP contribution in [0, 0.1) is 0 Å². The zero-order valence-corrected chi connectivity index (χ0v) is 19.7. The van der Waals surface area contributed by atoms with Crippen molar-refractivity contribution >= 4 is 46.2 Å². The molecule has 0 aliphatic rings. The number of hydrazone groups is 2. The van der Waals surface area contributed by atoms with Gasteiger partial charge in [-0.3, -0.25) is 9.98 Å². The minimum Gasteiger partial charge on any atom is -0.508 e. The van der Waals surface area contributed by atoms with E-state index in [4.69, 9.17) is 16.2 Å². The Kier molecular flexibility index (Phi) is 7.66. The van der Waals surface area contributed by atoms with Crippen LogP contribution in [0.3, 0.4) is 0 Å². The summed E-state index contributed by atoms with van der Waals surface area (Å²) in [5, 5.41) is 19.7. The number of rotatable bonds is 9. The Balaban J connectivity index is 1.19. The molecule has 0 spiro atoms. The number of phenols is 1. The molecule has 0 amide bonds. The quantitative estimate of drug-likeness (QED) is 0.0816. The largest absolute Gasteiger partial charge is 0.508 e.